The van der Waals surface area contributed by atoms with Gasteiger partial charge in [-0.25, -0.2) is 4.79 Å². The number of rotatable bonds is 10. The molecule has 0 radical (unpaired) electrons. The summed E-state index contributed by atoms with van der Waals surface area (Å²) >= 11 is 3.39. The molecule has 1 aromatic carbocycles. The third-order valence-electron chi connectivity index (χ3n) is 5.76. The van der Waals surface area contributed by atoms with Crippen LogP contribution in [-0.4, -0.2) is 49.1 Å². The van der Waals surface area contributed by atoms with Gasteiger partial charge in [0.2, 0.25) is 0 Å². The van der Waals surface area contributed by atoms with Gasteiger partial charge in [-0.2, -0.15) is 0 Å². The monoisotopic (exact) mass is 450 g/mol. The van der Waals surface area contributed by atoms with E-state index in [0.717, 1.165) is 36.3 Å². The Morgan fingerprint density at radius 1 is 1.14 bits per heavy atom. The quantitative estimate of drug-likeness (QED) is 0.318. The standard InChI is InChI=1S/C23H35BrN2O2/c1-4-17-25(2)18-7-5-6-8-19-9-13-21(14-10-19)26(3)23(27)28-22-15-11-20(24)12-16-22/h4,11-12,15-16,19,21H,1,5-10,13-14,17-18H2,2-3H3. The van der Waals surface area contributed by atoms with E-state index < -0.39 is 0 Å². The molecule has 1 aromatic rings. The summed E-state index contributed by atoms with van der Waals surface area (Å²) in [6.45, 7) is 5.91. The maximum Gasteiger partial charge on any atom is 0.415 e. The summed E-state index contributed by atoms with van der Waals surface area (Å²) in [5.41, 5.74) is 0. The smallest absolute Gasteiger partial charge is 0.410 e. The Bertz CT molecular complexity index is 597. The van der Waals surface area contributed by atoms with Crippen molar-refractivity contribution >= 4 is 22.0 Å². The molecular formula is C23H35BrN2O2. The van der Waals surface area contributed by atoms with Crippen LogP contribution in [0.2, 0.25) is 0 Å². The lowest BCUT2D eigenvalue weighted by molar-refractivity contribution is 0.123. The summed E-state index contributed by atoms with van der Waals surface area (Å²) in [5.74, 6) is 1.41. The summed E-state index contributed by atoms with van der Waals surface area (Å²) in [5, 5.41) is 0. The van der Waals surface area contributed by atoms with Crippen LogP contribution in [0.5, 0.6) is 5.75 Å². The topological polar surface area (TPSA) is 32.8 Å². The molecule has 1 amide bonds. The van der Waals surface area contributed by atoms with Crippen molar-refractivity contribution in [1.82, 2.24) is 9.80 Å². The average Bonchev–Trinajstić information content (AvgIpc) is 2.69. The van der Waals surface area contributed by atoms with Crippen molar-refractivity contribution in [2.75, 3.05) is 27.2 Å². The van der Waals surface area contributed by atoms with Crippen LogP contribution in [0.1, 0.15) is 51.4 Å². The number of nitrogens with zero attached hydrogens (tertiary/aromatic N) is 2. The van der Waals surface area contributed by atoms with Gasteiger partial charge in [-0.1, -0.05) is 41.3 Å². The van der Waals surface area contributed by atoms with Gasteiger partial charge in [0.05, 0.1) is 0 Å². The fourth-order valence-corrected chi connectivity index (χ4v) is 4.21. The zero-order valence-electron chi connectivity index (χ0n) is 17.4. The molecular weight excluding hydrogens is 416 g/mol. The van der Waals surface area contributed by atoms with E-state index in [4.69, 9.17) is 4.74 Å². The highest BCUT2D eigenvalue weighted by atomic mass is 79.9. The Labute approximate surface area is 179 Å². The first-order chi connectivity index (χ1) is 13.5. The second-order valence-electron chi connectivity index (χ2n) is 8.01. The lowest BCUT2D eigenvalue weighted by atomic mass is 9.82. The first-order valence-electron chi connectivity index (χ1n) is 10.5. The zero-order valence-corrected chi connectivity index (χ0v) is 19.0. The van der Waals surface area contributed by atoms with E-state index in [1.807, 2.05) is 37.4 Å². The van der Waals surface area contributed by atoms with Crippen LogP contribution in [0.4, 0.5) is 4.79 Å². The lowest BCUT2D eigenvalue weighted by Gasteiger charge is -2.34. The molecule has 1 saturated carbocycles. The molecule has 0 bridgehead atoms. The highest BCUT2D eigenvalue weighted by Crippen LogP contribution is 2.31. The van der Waals surface area contributed by atoms with Crippen LogP contribution in [0.15, 0.2) is 41.4 Å². The number of carbonyl (C=O) groups excluding carboxylic acids is 1. The second kappa shape index (κ2) is 12.3. The Morgan fingerprint density at radius 2 is 1.82 bits per heavy atom. The van der Waals surface area contributed by atoms with Gasteiger partial charge in [0, 0.05) is 24.1 Å². The zero-order chi connectivity index (χ0) is 20.4. The van der Waals surface area contributed by atoms with Crippen LogP contribution in [-0.2, 0) is 0 Å². The molecule has 156 valence electrons. The molecule has 0 unspecified atom stereocenters. The van der Waals surface area contributed by atoms with E-state index in [9.17, 15) is 4.79 Å². The molecule has 0 spiro atoms. The molecule has 4 nitrogen and oxygen atoms in total. The molecule has 0 heterocycles. The van der Waals surface area contributed by atoms with E-state index in [2.05, 4.69) is 34.5 Å². The number of hydrogen-bond donors (Lipinski definition) is 0. The largest absolute Gasteiger partial charge is 0.415 e. The molecule has 0 atom stereocenters. The summed E-state index contributed by atoms with van der Waals surface area (Å²) in [6.07, 6.45) is 11.5. The van der Waals surface area contributed by atoms with Crippen molar-refractivity contribution in [3.63, 3.8) is 0 Å². The Balaban J connectivity index is 1.62. The Hall–Kier alpha value is -1.33. The highest BCUT2D eigenvalue weighted by Gasteiger charge is 2.27. The number of amides is 1. The van der Waals surface area contributed by atoms with Crippen LogP contribution >= 0.6 is 15.9 Å². The van der Waals surface area contributed by atoms with E-state index in [1.165, 1.54) is 38.5 Å². The molecule has 2 rings (SSSR count). The van der Waals surface area contributed by atoms with E-state index >= 15 is 0 Å². The van der Waals surface area contributed by atoms with Gasteiger partial charge in [0.1, 0.15) is 5.75 Å². The number of halogens is 1. The van der Waals surface area contributed by atoms with E-state index in [1.54, 1.807) is 4.90 Å². The summed E-state index contributed by atoms with van der Waals surface area (Å²) in [4.78, 5) is 16.5. The number of hydrogen-bond acceptors (Lipinski definition) is 3. The van der Waals surface area contributed by atoms with Crippen LogP contribution in [0.25, 0.3) is 0 Å². The van der Waals surface area contributed by atoms with Crippen molar-refractivity contribution in [2.24, 2.45) is 5.92 Å². The summed E-state index contributed by atoms with van der Waals surface area (Å²) < 4.78 is 6.47. The van der Waals surface area contributed by atoms with Gasteiger partial charge in [0.15, 0.2) is 0 Å². The Morgan fingerprint density at radius 3 is 2.46 bits per heavy atom. The van der Waals surface area contributed by atoms with Gasteiger partial charge in [-0.05, 0) is 75.9 Å². The summed E-state index contributed by atoms with van der Waals surface area (Å²) in [6, 6.07) is 7.67. The Kier molecular flexibility index (Phi) is 10.1. The van der Waals surface area contributed by atoms with Crippen LogP contribution in [0, 0.1) is 5.92 Å². The first-order valence-corrected chi connectivity index (χ1v) is 11.3. The molecule has 0 aromatic heterocycles. The highest BCUT2D eigenvalue weighted by molar-refractivity contribution is 9.10. The van der Waals surface area contributed by atoms with Crippen LogP contribution < -0.4 is 4.74 Å². The minimum Gasteiger partial charge on any atom is -0.410 e. The van der Waals surface area contributed by atoms with Crippen molar-refractivity contribution < 1.29 is 9.53 Å². The number of likely N-dealkylation sites (N-methyl/N-ethyl adjacent to an activating group) is 1. The maximum absolute atomic E-state index is 12.4. The number of ether oxygens (including phenoxy) is 1. The molecule has 0 aliphatic heterocycles. The number of unbranched alkanes of at least 4 members (excludes halogenated alkanes) is 2. The van der Waals surface area contributed by atoms with Gasteiger partial charge in [-0.3, -0.25) is 0 Å². The van der Waals surface area contributed by atoms with Crippen molar-refractivity contribution in [2.45, 2.75) is 57.4 Å². The van der Waals surface area contributed by atoms with Gasteiger partial charge >= 0.3 is 6.09 Å². The minimum atomic E-state index is -0.255. The molecule has 5 heteroatoms. The maximum atomic E-state index is 12.4. The van der Waals surface area contributed by atoms with E-state index in [-0.39, 0.29) is 6.09 Å². The first kappa shape index (κ1) is 23.0. The van der Waals surface area contributed by atoms with Gasteiger partial charge in [0.25, 0.3) is 0 Å². The molecule has 1 aliphatic carbocycles. The summed E-state index contributed by atoms with van der Waals surface area (Å²) in [7, 11) is 4.02. The third-order valence-corrected chi connectivity index (χ3v) is 6.29. The lowest BCUT2D eigenvalue weighted by Crippen LogP contribution is -2.41. The SMILES string of the molecule is C=CCN(C)CCCCCC1CCC(N(C)C(=O)Oc2ccc(Br)cc2)CC1. The second-order valence-corrected chi connectivity index (χ2v) is 8.92. The molecule has 28 heavy (non-hydrogen) atoms. The molecule has 0 saturated heterocycles. The van der Waals surface area contributed by atoms with E-state index in [0.29, 0.717) is 11.8 Å². The fraction of sp³-hybridized carbons (Fsp3) is 0.609. The average molecular weight is 451 g/mol. The molecule has 1 fully saturated rings. The van der Waals surface area contributed by atoms with Gasteiger partial charge in [-0.15, -0.1) is 6.58 Å². The fourth-order valence-electron chi connectivity index (χ4n) is 3.95. The predicted molar refractivity (Wildman–Crippen MR) is 120 cm³/mol. The van der Waals surface area contributed by atoms with Crippen molar-refractivity contribution in [3.05, 3.63) is 41.4 Å². The third kappa shape index (κ3) is 7.96. The van der Waals surface area contributed by atoms with Crippen molar-refractivity contribution in [1.29, 1.82) is 0 Å². The molecule has 1 aliphatic rings. The van der Waals surface area contributed by atoms with Gasteiger partial charge < -0.3 is 14.5 Å². The molecule has 0 N–H and O–H groups in total. The predicted octanol–water partition coefficient (Wildman–Crippen LogP) is 6.12. The number of carbonyl (C=O) groups is 1. The van der Waals surface area contributed by atoms with Crippen molar-refractivity contribution in [3.8, 4) is 5.75 Å². The number of benzene rings is 1. The minimum absolute atomic E-state index is 0.255. The normalized spacial score (nSPS) is 19.4. The van der Waals surface area contributed by atoms with Crippen LogP contribution in [0.3, 0.4) is 0 Å².